The number of nitrogens with two attached hydrogens (primary N) is 1. The Morgan fingerprint density at radius 1 is 1.31 bits per heavy atom. The minimum atomic E-state index is 0.256. The molecular formula is C10H20N2O. The topological polar surface area (TPSA) is 38.5 Å². The molecule has 0 aromatic carbocycles. The van der Waals surface area contributed by atoms with Crippen LogP contribution >= 0.6 is 0 Å². The first-order valence-electron chi connectivity index (χ1n) is 5.33. The van der Waals surface area contributed by atoms with Gasteiger partial charge in [0.1, 0.15) is 0 Å². The third-order valence-electron chi connectivity index (χ3n) is 3.63. The molecule has 0 atom stereocenters. The molecule has 1 saturated heterocycles. The van der Waals surface area contributed by atoms with Crippen LogP contribution in [0.15, 0.2) is 0 Å². The normalized spacial score (nSPS) is 40.4. The molecule has 0 radical (unpaired) electrons. The lowest BCUT2D eigenvalue weighted by atomic mass is 9.80. The summed E-state index contributed by atoms with van der Waals surface area (Å²) in [6, 6.07) is 0.579. The largest absolute Gasteiger partial charge is 0.375 e. The van der Waals surface area contributed by atoms with Crippen LogP contribution in [-0.2, 0) is 4.74 Å². The van der Waals surface area contributed by atoms with Crippen molar-refractivity contribution < 1.29 is 4.74 Å². The second kappa shape index (κ2) is 3.56. The third-order valence-corrected chi connectivity index (χ3v) is 3.63. The van der Waals surface area contributed by atoms with E-state index in [-0.39, 0.29) is 5.60 Å². The van der Waals surface area contributed by atoms with Crippen LogP contribution in [0.4, 0.5) is 0 Å². The van der Waals surface area contributed by atoms with E-state index in [0.29, 0.717) is 6.04 Å². The molecule has 2 rings (SSSR count). The predicted molar refractivity (Wildman–Crippen MR) is 52.1 cm³/mol. The van der Waals surface area contributed by atoms with Gasteiger partial charge in [-0.05, 0) is 38.5 Å². The monoisotopic (exact) mass is 184 g/mol. The summed E-state index contributed by atoms with van der Waals surface area (Å²) in [5, 5.41) is 1.86. The minimum Gasteiger partial charge on any atom is -0.375 e. The number of rotatable bonds is 1. The van der Waals surface area contributed by atoms with E-state index in [4.69, 9.17) is 10.6 Å². The first-order valence-corrected chi connectivity index (χ1v) is 5.33. The van der Waals surface area contributed by atoms with Crippen LogP contribution < -0.4 is 5.84 Å². The summed E-state index contributed by atoms with van der Waals surface area (Å²) < 4.78 is 5.85. The Bertz CT molecular complexity index is 166. The molecule has 0 aromatic heterocycles. The number of ether oxygens (including phenoxy) is 1. The van der Waals surface area contributed by atoms with E-state index in [9.17, 15) is 0 Å². The lowest BCUT2D eigenvalue weighted by Crippen LogP contribution is -2.44. The van der Waals surface area contributed by atoms with Gasteiger partial charge in [-0.1, -0.05) is 0 Å². The molecule has 1 aliphatic heterocycles. The summed E-state index contributed by atoms with van der Waals surface area (Å²) in [4.78, 5) is 0. The fraction of sp³-hybridized carbons (Fsp3) is 1.00. The van der Waals surface area contributed by atoms with Gasteiger partial charge in [-0.3, -0.25) is 5.84 Å². The Balaban J connectivity index is 1.88. The quantitative estimate of drug-likeness (QED) is 0.493. The summed E-state index contributed by atoms with van der Waals surface area (Å²) in [5.41, 5.74) is 0.256. The molecule has 2 fully saturated rings. The summed E-state index contributed by atoms with van der Waals surface area (Å²) >= 11 is 0. The highest BCUT2D eigenvalue weighted by molar-refractivity contribution is 4.91. The molecule has 0 aromatic rings. The fourth-order valence-corrected chi connectivity index (χ4v) is 2.69. The zero-order chi connectivity index (χ0) is 9.31. The molecule has 3 nitrogen and oxygen atoms in total. The summed E-state index contributed by atoms with van der Waals surface area (Å²) in [6.45, 7) is 0.975. The molecule has 0 unspecified atom stereocenters. The highest BCUT2D eigenvalue weighted by Crippen LogP contribution is 2.39. The van der Waals surface area contributed by atoms with Crippen molar-refractivity contribution in [1.29, 1.82) is 0 Å². The SMILES string of the molecule is CN(N)C1CCC2(CCCO2)CC1. The smallest absolute Gasteiger partial charge is 0.0684 e. The van der Waals surface area contributed by atoms with E-state index in [1.165, 1.54) is 38.5 Å². The molecule has 2 N–H and O–H groups in total. The van der Waals surface area contributed by atoms with Crippen LogP contribution in [0.25, 0.3) is 0 Å². The Kier molecular flexibility index (Phi) is 2.58. The van der Waals surface area contributed by atoms with Gasteiger partial charge in [0.05, 0.1) is 5.60 Å². The standard InChI is InChI=1S/C10H20N2O/c1-12(11)9-3-6-10(7-4-9)5-2-8-13-10/h9H,2-8,11H2,1H3. The summed E-state index contributed by atoms with van der Waals surface area (Å²) in [5.74, 6) is 5.75. The maximum absolute atomic E-state index is 5.85. The Hall–Kier alpha value is -0.120. The van der Waals surface area contributed by atoms with Crippen LogP contribution in [0.5, 0.6) is 0 Å². The zero-order valence-electron chi connectivity index (χ0n) is 8.46. The van der Waals surface area contributed by atoms with Gasteiger partial charge in [-0.2, -0.15) is 0 Å². The fourth-order valence-electron chi connectivity index (χ4n) is 2.69. The minimum absolute atomic E-state index is 0.256. The van der Waals surface area contributed by atoms with Crippen molar-refractivity contribution in [2.45, 2.75) is 50.2 Å². The molecule has 1 spiro atoms. The van der Waals surface area contributed by atoms with Gasteiger partial charge < -0.3 is 4.74 Å². The molecular weight excluding hydrogens is 164 g/mol. The molecule has 76 valence electrons. The molecule has 3 heteroatoms. The molecule has 0 amide bonds. The van der Waals surface area contributed by atoms with E-state index in [1.54, 1.807) is 0 Å². The third kappa shape index (κ3) is 1.87. The second-order valence-electron chi connectivity index (χ2n) is 4.53. The van der Waals surface area contributed by atoms with E-state index < -0.39 is 0 Å². The molecule has 1 aliphatic carbocycles. The van der Waals surface area contributed by atoms with Crippen LogP contribution in [0.3, 0.4) is 0 Å². The first kappa shape index (κ1) is 9.44. The van der Waals surface area contributed by atoms with Crippen molar-refractivity contribution in [2.75, 3.05) is 13.7 Å². The summed E-state index contributed by atoms with van der Waals surface area (Å²) in [6.07, 6.45) is 7.34. The van der Waals surface area contributed by atoms with Crippen LogP contribution in [0.1, 0.15) is 38.5 Å². The molecule has 13 heavy (non-hydrogen) atoms. The van der Waals surface area contributed by atoms with Crippen molar-refractivity contribution in [3.05, 3.63) is 0 Å². The molecule has 1 saturated carbocycles. The highest BCUT2D eigenvalue weighted by atomic mass is 16.5. The van der Waals surface area contributed by atoms with E-state index in [2.05, 4.69) is 0 Å². The van der Waals surface area contributed by atoms with Gasteiger partial charge in [-0.15, -0.1) is 0 Å². The average Bonchev–Trinajstić information content (AvgIpc) is 2.54. The van der Waals surface area contributed by atoms with Crippen LogP contribution in [-0.4, -0.2) is 30.3 Å². The summed E-state index contributed by atoms with van der Waals surface area (Å²) in [7, 11) is 1.97. The van der Waals surface area contributed by atoms with Gasteiger partial charge >= 0.3 is 0 Å². The van der Waals surface area contributed by atoms with Crippen molar-refractivity contribution >= 4 is 0 Å². The van der Waals surface area contributed by atoms with Gasteiger partial charge in [0.2, 0.25) is 0 Å². The zero-order valence-corrected chi connectivity index (χ0v) is 8.46. The molecule has 2 aliphatic rings. The van der Waals surface area contributed by atoms with Crippen molar-refractivity contribution in [1.82, 2.24) is 5.01 Å². The lowest BCUT2D eigenvalue weighted by Gasteiger charge is -2.38. The number of hydrogen-bond acceptors (Lipinski definition) is 3. The maximum Gasteiger partial charge on any atom is 0.0684 e. The van der Waals surface area contributed by atoms with E-state index in [0.717, 1.165) is 6.61 Å². The number of hydrogen-bond donors (Lipinski definition) is 1. The molecule has 1 heterocycles. The average molecular weight is 184 g/mol. The number of nitrogens with zero attached hydrogens (tertiary/aromatic N) is 1. The van der Waals surface area contributed by atoms with Crippen molar-refractivity contribution in [3.63, 3.8) is 0 Å². The second-order valence-corrected chi connectivity index (χ2v) is 4.53. The lowest BCUT2D eigenvalue weighted by molar-refractivity contribution is -0.0400. The maximum atomic E-state index is 5.85. The predicted octanol–water partition coefficient (Wildman–Crippen LogP) is 1.28. The molecule has 0 bridgehead atoms. The Morgan fingerprint density at radius 2 is 2.00 bits per heavy atom. The van der Waals surface area contributed by atoms with Crippen LogP contribution in [0.2, 0.25) is 0 Å². The first-order chi connectivity index (χ1) is 6.22. The Morgan fingerprint density at radius 3 is 2.46 bits per heavy atom. The number of hydrazine groups is 1. The van der Waals surface area contributed by atoms with E-state index in [1.807, 2.05) is 12.1 Å². The van der Waals surface area contributed by atoms with Gasteiger partial charge in [0.25, 0.3) is 0 Å². The highest BCUT2D eigenvalue weighted by Gasteiger charge is 2.39. The van der Waals surface area contributed by atoms with Crippen molar-refractivity contribution in [3.8, 4) is 0 Å². The van der Waals surface area contributed by atoms with E-state index >= 15 is 0 Å². The van der Waals surface area contributed by atoms with Gasteiger partial charge in [0.15, 0.2) is 0 Å². The van der Waals surface area contributed by atoms with Crippen molar-refractivity contribution in [2.24, 2.45) is 5.84 Å². The van der Waals surface area contributed by atoms with Gasteiger partial charge in [-0.25, -0.2) is 5.01 Å². The van der Waals surface area contributed by atoms with Crippen LogP contribution in [0, 0.1) is 0 Å². The Labute approximate surface area is 80.2 Å². The van der Waals surface area contributed by atoms with Gasteiger partial charge in [0, 0.05) is 19.7 Å².